The molecule has 0 atom stereocenters. The molecule has 1 aromatic heterocycles. The first-order valence-corrected chi connectivity index (χ1v) is 3.25. The molecule has 0 radical (unpaired) electrons. The van der Waals surface area contributed by atoms with E-state index in [-0.39, 0.29) is 5.95 Å². The summed E-state index contributed by atoms with van der Waals surface area (Å²) in [6.07, 6.45) is -2.77. The van der Waals surface area contributed by atoms with E-state index in [9.17, 15) is 17.6 Å². The van der Waals surface area contributed by atoms with E-state index in [4.69, 9.17) is 0 Å². The first-order valence-electron chi connectivity index (χ1n) is 3.25. The number of alkyl halides is 3. The lowest BCUT2D eigenvalue weighted by Gasteiger charge is -2.06. The van der Waals surface area contributed by atoms with Crippen LogP contribution in [0.25, 0.3) is 0 Å². The molecule has 0 bridgehead atoms. The van der Waals surface area contributed by atoms with E-state index in [1.165, 1.54) is 0 Å². The van der Waals surface area contributed by atoms with Crippen molar-refractivity contribution in [2.75, 3.05) is 11.9 Å². The summed E-state index contributed by atoms with van der Waals surface area (Å²) in [5.74, 6) is -0.948. The Morgan fingerprint density at radius 3 is 2.23 bits per heavy atom. The Bertz CT molecular complexity index is 268. The number of anilines is 1. The molecule has 0 fully saturated rings. The lowest BCUT2D eigenvalue weighted by atomic mass is 10.6. The number of rotatable bonds is 2. The van der Waals surface area contributed by atoms with Gasteiger partial charge in [0.05, 0.1) is 12.4 Å². The standard InChI is InChI=1S/C6H5F4N3/c7-4-1-11-5(12-2-4)13-3-6(8,9)10/h1-2H,3H2,(H,11,12,13). The zero-order valence-electron chi connectivity index (χ0n) is 6.27. The van der Waals surface area contributed by atoms with Crippen LogP contribution in [0.5, 0.6) is 0 Å². The van der Waals surface area contributed by atoms with Crippen molar-refractivity contribution in [3.8, 4) is 0 Å². The van der Waals surface area contributed by atoms with Crippen LogP contribution in [0.15, 0.2) is 12.4 Å². The van der Waals surface area contributed by atoms with E-state index >= 15 is 0 Å². The van der Waals surface area contributed by atoms with Crippen LogP contribution in [0.2, 0.25) is 0 Å². The predicted octanol–water partition coefficient (Wildman–Crippen LogP) is 1.59. The molecule has 0 aliphatic carbocycles. The number of nitrogens with zero attached hydrogens (tertiary/aromatic N) is 2. The minimum atomic E-state index is -4.34. The largest absolute Gasteiger partial charge is 0.405 e. The third kappa shape index (κ3) is 3.68. The maximum atomic E-state index is 12.2. The second-order valence-electron chi connectivity index (χ2n) is 2.19. The molecule has 0 saturated heterocycles. The van der Waals surface area contributed by atoms with Crippen molar-refractivity contribution >= 4 is 5.95 Å². The fourth-order valence-electron chi connectivity index (χ4n) is 0.583. The van der Waals surface area contributed by atoms with Crippen molar-refractivity contribution in [3.63, 3.8) is 0 Å². The van der Waals surface area contributed by atoms with Crippen LogP contribution in [0, 0.1) is 5.82 Å². The van der Waals surface area contributed by atoms with Crippen LogP contribution in [0.1, 0.15) is 0 Å². The van der Waals surface area contributed by atoms with Gasteiger partial charge in [-0.2, -0.15) is 13.2 Å². The second kappa shape index (κ2) is 3.55. The van der Waals surface area contributed by atoms with E-state index < -0.39 is 18.5 Å². The Kier molecular flexibility index (Phi) is 2.64. The molecule has 1 heterocycles. The van der Waals surface area contributed by atoms with Crippen molar-refractivity contribution in [2.45, 2.75) is 6.18 Å². The fraction of sp³-hybridized carbons (Fsp3) is 0.333. The van der Waals surface area contributed by atoms with E-state index in [0.717, 1.165) is 12.4 Å². The number of halogens is 4. The molecule has 1 aromatic rings. The van der Waals surface area contributed by atoms with Gasteiger partial charge in [-0.25, -0.2) is 14.4 Å². The van der Waals surface area contributed by atoms with Crippen molar-refractivity contribution < 1.29 is 17.6 Å². The molecule has 0 saturated carbocycles. The lowest BCUT2D eigenvalue weighted by Crippen LogP contribution is -2.22. The van der Waals surface area contributed by atoms with E-state index in [0.29, 0.717) is 0 Å². The maximum absolute atomic E-state index is 12.2. The fourth-order valence-corrected chi connectivity index (χ4v) is 0.583. The third-order valence-electron chi connectivity index (χ3n) is 1.07. The summed E-state index contributed by atoms with van der Waals surface area (Å²) >= 11 is 0. The summed E-state index contributed by atoms with van der Waals surface area (Å²) in [4.78, 5) is 6.57. The summed E-state index contributed by atoms with van der Waals surface area (Å²) in [5, 5.41) is 1.90. The average molecular weight is 195 g/mol. The zero-order valence-corrected chi connectivity index (χ0v) is 6.27. The van der Waals surface area contributed by atoms with Crippen LogP contribution in [0.4, 0.5) is 23.5 Å². The molecular weight excluding hydrogens is 190 g/mol. The van der Waals surface area contributed by atoms with Gasteiger partial charge in [-0.15, -0.1) is 0 Å². The summed E-state index contributed by atoms with van der Waals surface area (Å²) in [5.41, 5.74) is 0. The van der Waals surface area contributed by atoms with Crippen LogP contribution in [0.3, 0.4) is 0 Å². The van der Waals surface area contributed by atoms with Gasteiger partial charge in [0, 0.05) is 0 Å². The summed E-state index contributed by atoms with van der Waals surface area (Å²) in [6.45, 7) is -1.24. The average Bonchev–Trinajstić information content (AvgIpc) is 2.02. The summed E-state index contributed by atoms with van der Waals surface area (Å²) < 4.78 is 47.1. The molecule has 0 aromatic carbocycles. The predicted molar refractivity (Wildman–Crippen MR) is 36.5 cm³/mol. The van der Waals surface area contributed by atoms with Gasteiger partial charge in [-0.3, -0.25) is 0 Å². The molecule has 0 amide bonds. The van der Waals surface area contributed by atoms with Crippen molar-refractivity contribution in [1.29, 1.82) is 0 Å². The van der Waals surface area contributed by atoms with Gasteiger partial charge in [0.2, 0.25) is 5.95 Å². The van der Waals surface area contributed by atoms with Crippen molar-refractivity contribution in [3.05, 3.63) is 18.2 Å². The summed E-state index contributed by atoms with van der Waals surface area (Å²) in [6, 6.07) is 0. The zero-order chi connectivity index (χ0) is 9.90. The van der Waals surface area contributed by atoms with Crippen LogP contribution < -0.4 is 5.32 Å². The smallest absolute Gasteiger partial charge is 0.345 e. The summed E-state index contributed by atoms with van der Waals surface area (Å²) in [7, 11) is 0. The second-order valence-corrected chi connectivity index (χ2v) is 2.19. The van der Waals surface area contributed by atoms with Crippen LogP contribution in [-0.2, 0) is 0 Å². The molecular formula is C6H5F4N3. The Morgan fingerprint density at radius 2 is 1.77 bits per heavy atom. The number of hydrogen-bond donors (Lipinski definition) is 1. The van der Waals surface area contributed by atoms with Gasteiger partial charge < -0.3 is 5.32 Å². The molecule has 7 heteroatoms. The van der Waals surface area contributed by atoms with Crippen molar-refractivity contribution in [1.82, 2.24) is 9.97 Å². The number of hydrogen-bond acceptors (Lipinski definition) is 3. The molecule has 1 rings (SSSR count). The Labute approximate surface area is 70.8 Å². The Hall–Kier alpha value is -1.40. The highest BCUT2D eigenvalue weighted by Gasteiger charge is 2.26. The maximum Gasteiger partial charge on any atom is 0.405 e. The van der Waals surface area contributed by atoms with Gasteiger partial charge in [0.25, 0.3) is 0 Å². The highest BCUT2D eigenvalue weighted by molar-refractivity contribution is 5.22. The lowest BCUT2D eigenvalue weighted by molar-refractivity contribution is -0.115. The van der Waals surface area contributed by atoms with Crippen LogP contribution in [-0.4, -0.2) is 22.7 Å². The first kappa shape index (κ1) is 9.69. The third-order valence-corrected chi connectivity index (χ3v) is 1.07. The Morgan fingerprint density at radius 1 is 1.23 bits per heavy atom. The van der Waals surface area contributed by atoms with Gasteiger partial charge in [0.1, 0.15) is 6.54 Å². The molecule has 13 heavy (non-hydrogen) atoms. The molecule has 0 aliphatic rings. The molecule has 72 valence electrons. The van der Waals surface area contributed by atoms with Crippen LogP contribution >= 0.6 is 0 Å². The van der Waals surface area contributed by atoms with Gasteiger partial charge >= 0.3 is 6.18 Å². The minimum Gasteiger partial charge on any atom is -0.345 e. The quantitative estimate of drug-likeness (QED) is 0.728. The molecule has 0 aliphatic heterocycles. The Balaban J connectivity index is 2.51. The highest BCUT2D eigenvalue weighted by Crippen LogP contribution is 2.14. The molecule has 3 nitrogen and oxygen atoms in total. The number of aromatic nitrogens is 2. The van der Waals surface area contributed by atoms with E-state index in [1.807, 2.05) is 5.32 Å². The molecule has 0 spiro atoms. The molecule has 0 unspecified atom stereocenters. The normalized spacial score (nSPS) is 11.4. The topological polar surface area (TPSA) is 37.8 Å². The van der Waals surface area contributed by atoms with Gasteiger partial charge in [0.15, 0.2) is 5.82 Å². The number of nitrogens with one attached hydrogen (secondary N) is 1. The van der Waals surface area contributed by atoms with Gasteiger partial charge in [-0.05, 0) is 0 Å². The molecule has 1 N–H and O–H groups in total. The van der Waals surface area contributed by atoms with Crippen molar-refractivity contribution in [2.24, 2.45) is 0 Å². The van der Waals surface area contributed by atoms with E-state index in [1.54, 1.807) is 0 Å². The SMILES string of the molecule is Fc1cnc(NCC(F)(F)F)nc1. The highest BCUT2D eigenvalue weighted by atomic mass is 19.4. The van der Waals surface area contributed by atoms with E-state index in [2.05, 4.69) is 9.97 Å². The minimum absolute atomic E-state index is 0.251. The van der Waals surface area contributed by atoms with Gasteiger partial charge in [-0.1, -0.05) is 0 Å². The monoisotopic (exact) mass is 195 g/mol. The first-order chi connectivity index (χ1) is 5.97.